The van der Waals surface area contributed by atoms with Crippen LogP contribution in [0.3, 0.4) is 0 Å². The lowest BCUT2D eigenvalue weighted by molar-refractivity contribution is 0.0945. The molecule has 2 aromatic heterocycles. The second-order valence-electron chi connectivity index (χ2n) is 6.41. The van der Waals surface area contributed by atoms with E-state index < -0.39 is 0 Å². The van der Waals surface area contributed by atoms with Crippen molar-refractivity contribution in [1.29, 1.82) is 0 Å². The number of rotatable bonds is 5. The molecule has 3 aromatic rings. The maximum atomic E-state index is 12.5. The second kappa shape index (κ2) is 6.27. The maximum absolute atomic E-state index is 12.5. The third-order valence-electron chi connectivity index (χ3n) is 4.80. The Labute approximate surface area is 145 Å². The number of nitrogens with zero attached hydrogens (tertiary/aromatic N) is 3. The Morgan fingerprint density at radius 3 is 2.96 bits per heavy atom. The van der Waals surface area contributed by atoms with Crippen molar-refractivity contribution in [3.05, 3.63) is 53.1 Å². The average molecular weight is 337 g/mol. The monoisotopic (exact) mass is 337 g/mol. The molecule has 1 aliphatic rings. The summed E-state index contributed by atoms with van der Waals surface area (Å²) in [4.78, 5) is 20.8. The van der Waals surface area contributed by atoms with Crippen molar-refractivity contribution in [2.75, 3.05) is 0 Å². The van der Waals surface area contributed by atoms with Gasteiger partial charge in [-0.25, -0.2) is 4.98 Å². The third-order valence-corrected chi connectivity index (χ3v) is 4.80. The smallest absolute Gasteiger partial charge is 0.226 e. The van der Waals surface area contributed by atoms with Crippen molar-refractivity contribution >= 4 is 5.78 Å². The topological polar surface area (TPSA) is 82.0 Å². The molecule has 1 atom stereocenters. The van der Waals surface area contributed by atoms with Gasteiger partial charge in [0.15, 0.2) is 12.2 Å². The van der Waals surface area contributed by atoms with Gasteiger partial charge in [0.25, 0.3) is 0 Å². The molecule has 0 bridgehead atoms. The predicted octanol–water partition coefficient (Wildman–Crippen LogP) is 3.90. The molecule has 0 amide bonds. The van der Waals surface area contributed by atoms with Crippen molar-refractivity contribution < 1.29 is 13.7 Å². The summed E-state index contributed by atoms with van der Waals surface area (Å²) in [6.07, 6.45) is 4.42. The van der Waals surface area contributed by atoms with Crippen molar-refractivity contribution in [2.24, 2.45) is 0 Å². The highest BCUT2D eigenvalue weighted by Crippen LogP contribution is 2.38. The van der Waals surface area contributed by atoms with E-state index in [1.54, 1.807) is 6.92 Å². The molecule has 0 saturated carbocycles. The Morgan fingerprint density at radius 2 is 2.24 bits per heavy atom. The minimum absolute atomic E-state index is 0.0164. The van der Waals surface area contributed by atoms with Crippen molar-refractivity contribution in [3.63, 3.8) is 0 Å². The molecule has 6 nitrogen and oxygen atoms in total. The molecule has 6 heteroatoms. The van der Waals surface area contributed by atoms with E-state index in [2.05, 4.69) is 27.3 Å². The largest absolute Gasteiger partial charge is 0.440 e. The van der Waals surface area contributed by atoms with Crippen LogP contribution in [0.4, 0.5) is 0 Å². The van der Waals surface area contributed by atoms with Crippen LogP contribution in [0.1, 0.15) is 58.9 Å². The highest BCUT2D eigenvalue weighted by atomic mass is 16.5. The minimum atomic E-state index is 0.0164. The van der Waals surface area contributed by atoms with Gasteiger partial charge in [-0.1, -0.05) is 24.2 Å². The normalized spacial score (nSPS) is 16.2. The first-order valence-corrected chi connectivity index (χ1v) is 8.54. The summed E-state index contributed by atoms with van der Waals surface area (Å²) in [7, 11) is 0. The highest BCUT2D eigenvalue weighted by molar-refractivity contribution is 5.94. The molecular weight excluding hydrogens is 318 g/mol. The zero-order valence-electron chi connectivity index (χ0n) is 14.3. The van der Waals surface area contributed by atoms with E-state index >= 15 is 0 Å². The predicted molar refractivity (Wildman–Crippen MR) is 90.4 cm³/mol. The fourth-order valence-electron chi connectivity index (χ4n) is 3.46. The van der Waals surface area contributed by atoms with E-state index in [4.69, 9.17) is 8.94 Å². The van der Waals surface area contributed by atoms with Crippen molar-refractivity contribution in [1.82, 2.24) is 15.1 Å². The van der Waals surface area contributed by atoms with Crippen LogP contribution in [0, 0.1) is 6.92 Å². The van der Waals surface area contributed by atoms with Crippen LogP contribution < -0.4 is 0 Å². The maximum Gasteiger partial charge on any atom is 0.226 e. The number of Topliss-reactive ketones (excluding diaryl/α,β-unsaturated/α-hetero) is 1. The number of ketones is 1. The molecular formula is C19H19N3O3. The molecule has 1 aliphatic carbocycles. The number of carbonyl (C=O) groups is 1. The van der Waals surface area contributed by atoms with Crippen LogP contribution in [0.25, 0.3) is 11.4 Å². The average Bonchev–Trinajstić information content (AvgIpc) is 3.34. The molecule has 2 heterocycles. The molecule has 25 heavy (non-hydrogen) atoms. The molecule has 0 radical (unpaired) electrons. The highest BCUT2D eigenvalue weighted by Gasteiger charge is 2.27. The van der Waals surface area contributed by atoms with E-state index in [9.17, 15) is 4.79 Å². The number of aryl methyl sites for hydroxylation is 3. The van der Waals surface area contributed by atoms with Crippen LogP contribution >= 0.6 is 0 Å². The lowest BCUT2D eigenvalue weighted by atomic mass is 9.94. The van der Waals surface area contributed by atoms with Crippen LogP contribution in [0.15, 0.2) is 33.5 Å². The molecule has 0 saturated heterocycles. The van der Waals surface area contributed by atoms with Gasteiger partial charge in [-0.15, -0.1) is 0 Å². The van der Waals surface area contributed by atoms with Crippen molar-refractivity contribution in [3.8, 4) is 11.4 Å². The third kappa shape index (κ3) is 2.88. The van der Waals surface area contributed by atoms with Crippen LogP contribution in [-0.2, 0) is 12.8 Å². The van der Waals surface area contributed by atoms with Gasteiger partial charge < -0.3 is 8.94 Å². The van der Waals surface area contributed by atoms with Gasteiger partial charge in [0.2, 0.25) is 17.5 Å². The Kier molecular flexibility index (Phi) is 3.95. The zero-order chi connectivity index (χ0) is 17.4. The molecule has 0 N–H and O–H groups in total. The summed E-state index contributed by atoms with van der Waals surface area (Å²) >= 11 is 0. The molecule has 0 aliphatic heterocycles. The molecule has 128 valence electrons. The molecule has 0 unspecified atom stereocenters. The van der Waals surface area contributed by atoms with Gasteiger partial charge in [0.05, 0.1) is 5.69 Å². The van der Waals surface area contributed by atoms with E-state index in [-0.39, 0.29) is 11.7 Å². The van der Waals surface area contributed by atoms with Gasteiger partial charge >= 0.3 is 0 Å². The summed E-state index contributed by atoms with van der Waals surface area (Å²) in [5, 5.41) is 4.03. The number of hydrogen-bond donors (Lipinski definition) is 0. The first-order valence-electron chi connectivity index (χ1n) is 8.54. The molecule has 4 rings (SSSR count). The Morgan fingerprint density at radius 1 is 1.36 bits per heavy atom. The zero-order valence-corrected chi connectivity index (χ0v) is 14.3. The van der Waals surface area contributed by atoms with Crippen LogP contribution in [-0.4, -0.2) is 20.9 Å². The SMILES string of the molecule is CCc1nc(-c2ccc3c(c2)CC[C@H]3CC(=O)c2ocnc2C)no1. The number of carbonyl (C=O) groups excluding carboxylic acids is 1. The number of aromatic nitrogens is 3. The summed E-state index contributed by atoms with van der Waals surface area (Å²) in [5.41, 5.74) is 4.10. The second-order valence-corrected chi connectivity index (χ2v) is 6.41. The minimum Gasteiger partial charge on any atom is -0.440 e. The lowest BCUT2D eigenvalue weighted by Gasteiger charge is -2.10. The first kappa shape index (κ1) is 15.7. The number of oxazole rings is 1. The fourth-order valence-corrected chi connectivity index (χ4v) is 3.46. The summed E-state index contributed by atoms with van der Waals surface area (Å²) in [6.45, 7) is 3.78. The van der Waals surface area contributed by atoms with Gasteiger partial charge in [0.1, 0.15) is 0 Å². The molecule has 0 spiro atoms. The fraction of sp³-hybridized carbons (Fsp3) is 0.368. The van der Waals surface area contributed by atoms with Gasteiger partial charge in [-0.3, -0.25) is 4.79 Å². The first-order chi connectivity index (χ1) is 12.2. The molecule has 1 aromatic carbocycles. The van der Waals surface area contributed by atoms with E-state index in [0.29, 0.717) is 29.6 Å². The van der Waals surface area contributed by atoms with E-state index in [1.165, 1.54) is 17.5 Å². The number of hydrogen-bond acceptors (Lipinski definition) is 6. The standard InChI is InChI=1S/C19H19N3O3/c1-3-17-21-19(22-25-17)14-6-7-15-12(8-14)4-5-13(15)9-16(23)18-11(2)20-10-24-18/h6-8,10,13H,3-5,9H2,1-2H3/t13-/m0/s1. The molecule has 0 fully saturated rings. The van der Waals surface area contributed by atoms with Gasteiger partial charge in [0, 0.05) is 18.4 Å². The summed E-state index contributed by atoms with van der Waals surface area (Å²) in [5.74, 6) is 1.88. The Hall–Kier alpha value is -2.76. The number of benzene rings is 1. The van der Waals surface area contributed by atoms with Gasteiger partial charge in [-0.2, -0.15) is 4.98 Å². The van der Waals surface area contributed by atoms with E-state index in [0.717, 1.165) is 24.8 Å². The summed E-state index contributed by atoms with van der Waals surface area (Å²) < 4.78 is 10.4. The Balaban J connectivity index is 1.55. The van der Waals surface area contributed by atoms with Gasteiger partial charge in [-0.05, 0) is 42.9 Å². The lowest BCUT2D eigenvalue weighted by Crippen LogP contribution is -2.06. The van der Waals surface area contributed by atoms with Crippen LogP contribution in [0.5, 0.6) is 0 Å². The summed E-state index contributed by atoms with van der Waals surface area (Å²) in [6, 6.07) is 6.21. The van der Waals surface area contributed by atoms with E-state index in [1.807, 2.05) is 13.0 Å². The quantitative estimate of drug-likeness (QED) is 0.657. The number of fused-ring (bicyclic) bond motifs is 1. The van der Waals surface area contributed by atoms with Crippen molar-refractivity contribution in [2.45, 2.75) is 45.4 Å². The Bertz CT molecular complexity index is 926. The van der Waals surface area contributed by atoms with Crippen LogP contribution in [0.2, 0.25) is 0 Å².